The monoisotopic (exact) mass is 298 g/mol. The van der Waals surface area contributed by atoms with Crippen LogP contribution < -0.4 is 0 Å². The van der Waals surface area contributed by atoms with E-state index in [9.17, 15) is 0 Å². The summed E-state index contributed by atoms with van der Waals surface area (Å²) in [4.78, 5) is 11.8. The van der Waals surface area contributed by atoms with Gasteiger partial charge in [0.05, 0.1) is 0 Å². The second kappa shape index (κ2) is 4.65. The van der Waals surface area contributed by atoms with Crippen molar-refractivity contribution in [2.24, 2.45) is 23.7 Å². The Morgan fingerprint density at radius 3 is 2.62 bits per heavy atom. The van der Waals surface area contributed by atoms with E-state index in [4.69, 9.17) is 24.0 Å². The first kappa shape index (κ1) is 14.4. The number of hydrogen-bond acceptors (Lipinski definition) is 5. The summed E-state index contributed by atoms with van der Waals surface area (Å²) < 4.78 is 17.9. The van der Waals surface area contributed by atoms with Crippen LogP contribution in [0.15, 0.2) is 0 Å². The van der Waals surface area contributed by atoms with Gasteiger partial charge in [0.1, 0.15) is 0 Å². The van der Waals surface area contributed by atoms with Crippen molar-refractivity contribution in [2.75, 3.05) is 7.11 Å². The van der Waals surface area contributed by atoms with Crippen LogP contribution in [0, 0.1) is 23.7 Å². The lowest BCUT2D eigenvalue weighted by atomic mass is 9.58. The van der Waals surface area contributed by atoms with Gasteiger partial charge in [-0.25, -0.2) is 9.78 Å². The minimum Gasteiger partial charge on any atom is -0.355 e. The van der Waals surface area contributed by atoms with Gasteiger partial charge in [0.2, 0.25) is 5.79 Å². The molecule has 4 heterocycles. The second-order valence-electron chi connectivity index (χ2n) is 7.51. The van der Waals surface area contributed by atoms with E-state index < -0.39 is 17.7 Å². The maximum Gasteiger partial charge on any atom is 0.201 e. The summed E-state index contributed by atoms with van der Waals surface area (Å²) >= 11 is 0. The van der Waals surface area contributed by atoms with Crippen molar-refractivity contribution in [3.8, 4) is 0 Å². The van der Waals surface area contributed by atoms with Crippen LogP contribution in [-0.2, 0) is 24.0 Å². The quantitative estimate of drug-likeness (QED) is 0.697. The zero-order chi connectivity index (χ0) is 14.8. The van der Waals surface area contributed by atoms with Crippen molar-refractivity contribution in [2.45, 2.75) is 70.4 Å². The molecule has 2 unspecified atom stereocenters. The molecule has 5 heteroatoms. The molecule has 0 aromatic rings. The molecule has 5 fully saturated rings. The lowest BCUT2D eigenvalue weighted by molar-refractivity contribution is -0.577. The minimum absolute atomic E-state index is 0.230. The Bertz CT molecular complexity index is 429. The average molecular weight is 298 g/mol. The standard InChI is InChI=1S/C16H26O5/c1-9-5-6-12-10(2)13(17-4)18-14-16(12)11(9)7-8-15(3,19-14)20-21-16/h9-14H,5-8H2,1-4H3/t9-,10-,11+,12+,13+,14-,15?,16?/m1/s1. The zero-order valence-electron chi connectivity index (χ0n) is 13.3. The van der Waals surface area contributed by atoms with E-state index in [2.05, 4.69) is 13.8 Å². The molecule has 5 nitrogen and oxygen atoms in total. The number of ether oxygens (including phenoxy) is 3. The largest absolute Gasteiger partial charge is 0.355 e. The van der Waals surface area contributed by atoms with Gasteiger partial charge in [-0.05, 0) is 38.0 Å². The van der Waals surface area contributed by atoms with Crippen molar-refractivity contribution in [3.63, 3.8) is 0 Å². The zero-order valence-corrected chi connectivity index (χ0v) is 13.3. The molecule has 0 amide bonds. The molecule has 5 rings (SSSR count). The van der Waals surface area contributed by atoms with Crippen LogP contribution in [0.5, 0.6) is 0 Å². The van der Waals surface area contributed by atoms with Gasteiger partial charge in [0.15, 0.2) is 18.2 Å². The first-order valence-electron chi connectivity index (χ1n) is 8.23. The Kier molecular flexibility index (Phi) is 3.19. The Hall–Kier alpha value is -0.200. The summed E-state index contributed by atoms with van der Waals surface area (Å²) in [6, 6.07) is 0. The Balaban J connectivity index is 1.79. The smallest absolute Gasteiger partial charge is 0.201 e. The summed E-state index contributed by atoms with van der Waals surface area (Å²) in [5.74, 6) is 0.953. The van der Waals surface area contributed by atoms with Gasteiger partial charge in [-0.3, -0.25) is 0 Å². The SMILES string of the molecule is CO[C@H]1O[C@@H]2OC3(C)CC[C@H]4[C@H](C)CC[C@@H]([C@H]1C)C24OO3. The highest BCUT2D eigenvalue weighted by Gasteiger charge is 2.69. The van der Waals surface area contributed by atoms with Crippen molar-refractivity contribution >= 4 is 0 Å². The maximum atomic E-state index is 6.21. The second-order valence-corrected chi connectivity index (χ2v) is 7.51. The molecule has 4 aliphatic heterocycles. The average Bonchev–Trinajstić information content (AvgIpc) is 2.69. The predicted octanol–water partition coefficient (Wildman–Crippen LogP) is 2.84. The van der Waals surface area contributed by atoms with Crippen LogP contribution in [0.2, 0.25) is 0 Å². The molecule has 120 valence electrons. The molecule has 0 N–H and O–H groups in total. The molecule has 1 spiro atoms. The molecule has 5 aliphatic rings. The Morgan fingerprint density at radius 2 is 1.86 bits per heavy atom. The predicted molar refractivity (Wildman–Crippen MR) is 73.8 cm³/mol. The van der Waals surface area contributed by atoms with Gasteiger partial charge < -0.3 is 14.2 Å². The van der Waals surface area contributed by atoms with Crippen LogP contribution >= 0.6 is 0 Å². The van der Waals surface area contributed by atoms with Gasteiger partial charge in [0, 0.05) is 25.4 Å². The molecule has 2 bridgehead atoms. The highest BCUT2D eigenvalue weighted by molar-refractivity contribution is 5.08. The van der Waals surface area contributed by atoms with Gasteiger partial charge in [-0.15, -0.1) is 0 Å². The highest BCUT2D eigenvalue weighted by Crippen LogP contribution is 2.60. The van der Waals surface area contributed by atoms with E-state index in [-0.39, 0.29) is 12.2 Å². The molecular weight excluding hydrogens is 272 g/mol. The van der Waals surface area contributed by atoms with E-state index in [1.54, 1.807) is 7.11 Å². The van der Waals surface area contributed by atoms with Crippen molar-refractivity contribution < 1.29 is 24.0 Å². The molecule has 0 aromatic heterocycles. The van der Waals surface area contributed by atoms with Crippen molar-refractivity contribution in [1.82, 2.24) is 0 Å². The fourth-order valence-corrected chi connectivity index (χ4v) is 5.14. The lowest BCUT2D eigenvalue weighted by Crippen LogP contribution is -2.70. The van der Waals surface area contributed by atoms with Gasteiger partial charge in [-0.2, -0.15) is 0 Å². The Labute approximate surface area is 126 Å². The van der Waals surface area contributed by atoms with Crippen LogP contribution in [0.3, 0.4) is 0 Å². The normalized spacial score (nSPS) is 59.4. The Morgan fingerprint density at radius 1 is 1.05 bits per heavy atom. The maximum absolute atomic E-state index is 6.21. The molecular formula is C16H26O5. The molecule has 1 aliphatic carbocycles. The van der Waals surface area contributed by atoms with Crippen molar-refractivity contribution in [3.05, 3.63) is 0 Å². The van der Waals surface area contributed by atoms with Crippen LogP contribution in [0.1, 0.15) is 46.5 Å². The molecule has 0 aromatic carbocycles. The first-order chi connectivity index (χ1) is 10.00. The van der Waals surface area contributed by atoms with Gasteiger partial charge in [-0.1, -0.05) is 13.8 Å². The molecule has 8 atom stereocenters. The highest BCUT2D eigenvalue weighted by atomic mass is 17.3. The number of fused-ring (bicyclic) bond motifs is 2. The lowest BCUT2D eigenvalue weighted by Gasteiger charge is -2.60. The molecule has 21 heavy (non-hydrogen) atoms. The molecule has 0 radical (unpaired) electrons. The van der Waals surface area contributed by atoms with E-state index in [1.807, 2.05) is 6.92 Å². The van der Waals surface area contributed by atoms with Gasteiger partial charge in [0.25, 0.3) is 0 Å². The van der Waals surface area contributed by atoms with Gasteiger partial charge >= 0.3 is 0 Å². The third-order valence-corrected chi connectivity index (χ3v) is 6.33. The summed E-state index contributed by atoms with van der Waals surface area (Å²) in [6.07, 6.45) is 3.64. The summed E-state index contributed by atoms with van der Waals surface area (Å²) in [6.45, 7) is 6.46. The summed E-state index contributed by atoms with van der Waals surface area (Å²) in [5.41, 5.74) is -0.470. The minimum atomic E-state index is -0.698. The van der Waals surface area contributed by atoms with Crippen LogP contribution in [-0.4, -0.2) is 31.1 Å². The third kappa shape index (κ3) is 1.81. The molecule has 4 saturated heterocycles. The number of hydrogen-bond donors (Lipinski definition) is 0. The molecule has 1 saturated carbocycles. The number of methoxy groups -OCH3 is 1. The fraction of sp³-hybridized carbons (Fsp3) is 1.00. The number of rotatable bonds is 1. The topological polar surface area (TPSA) is 46.2 Å². The first-order valence-corrected chi connectivity index (χ1v) is 8.23. The van der Waals surface area contributed by atoms with Crippen LogP contribution in [0.4, 0.5) is 0 Å². The van der Waals surface area contributed by atoms with E-state index in [0.29, 0.717) is 17.8 Å². The third-order valence-electron chi connectivity index (χ3n) is 6.33. The summed E-state index contributed by atoms with van der Waals surface area (Å²) in [5, 5.41) is 0. The fourth-order valence-electron chi connectivity index (χ4n) is 5.14. The van der Waals surface area contributed by atoms with E-state index >= 15 is 0 Å². The van der Waals surface area contributed by atoms with E-state index in [0.717, 1.165) is 19.3 Å². The van der Waals surface area contributed by atoms with E-state index in [1.165, 1.54) is 6.42 Å². The van der Waals surface area contributed by atoms with Crippen LogP contribution in [0.25, 0.3) is 0 Å². The van der Waals surface area contributed by atoms with Crippen molar-refractivity contribution in [1.29, 1.82) is 0 Å². The summed E-state index contributed by atoms with van der Waals surface area (Å²) in [7, 11) is 1.70.